The molecule has 1 fully saturated rings. The Morgan fingerprint density at radius 1 is 1.45 bits per heavy atom. The summed E-state index contributed by atoms with van der Waals surface area (Å²) in [6.07, 6.45) is 5.18. The minimum atomic E-state index is -3.79. The maximum Gasteiger partial charge on any atom is 0.247 e. The summed E-state index contributed by atoms with van der Waals surface area (Å²) in [6.45, 7) is 3.23. The van der Waals surface area contributed by atoms with Crippen molar-refractivity contribution in [1.82, 2.24) is 5.32 Å². The smallest absolute Gasteiger partial charge is 0.247 e. The molecule has 2 aliphatic heterocycles. The molecule has 0 aromatic carbocycles. The van der Waals surface area contributed by atoms with Gasteiger partial charge in [0.25, 0.3) is 0 Å². The zero-order valence-electron chi connectivity index (χ0n) is 11.6. The number of nitrogens with one attached hydrogen (secondary N) is 1. The van der Waals surface area contributed by atoms with Gasteiger partial charge >= 0.3 is 0 Å². The highest BCUT2D eigenvalue weighted by Crippen LogP contribution is 2.50. The molecule has 2 N–H and O–H groups in total. The van der Waals surface area contributed by atoms with E-state index in [0.717, 1.165) is 12.8 Å². The summed E-state index contributed by atoms with van der Waals surface area (Å²) in [5.74, 6) is -0.837. The molecule has 1 aliphatic carbocycles. The van der Waals surface area contributed by atoms with E-state index in [1.165, 1.54) is 6.92 Å². The zero-order valence-corrected chi connectivity index (χ0v) is 12.4. The molecule has 0 spiro atoms. The Morgan fingerprint density at radius 2 is 2.15 bits per heavy atom. The molecule has 0 bridgehead atoms. The molecule has 2 heterocycles. The Kier molecular flexibility index (Phi) is 2.89. The summed E-state index contributed by atoms with van der Waals surface area (Å²) in [5, 5.41) is 13.3. The lowest BCUT2D eigenvalue weighted by atomic mass is 9.74. The lowest BCUT2D eigenvalue weighted by molar-refractivity contribution is -0.137. The zero-order chi connectivity index (χ0) is 14.7. The monoisotopic (exact) mass is 297 g/mol. The van der Waals surface area contributed by atoms with Crippen LogP contribution in [0.2, 0.25) is 0 Å². The van der Waals surface area contributed by atoms with Gasteiger partial charge in [0.05, 0.1) is 12.1 Å². The van der Waals surface area contributed by atoms with E-state index in [9.17, 15) is 18.3 Å². The van der Waals surface area contributed by atoms with Crippen LogP contribution in [0.25, 0.3) is 0 Å². The molecule has 0 unspecified atom stereocenters. The van der Waals surface area contributed by atoms with Crippen molar-refractivity contribution in [2.45, 2.75) is 50.0 Å². The molecule has 6 heteroatoms. The summed E-state index contributed by atoms with van der Waals surface area (Å²) >= 11 is 0. The largest absolute Gasteiger partial charge is 0.390 e. The van der Waals surface area contributed by atoms with E-state index >= 15 is 0 Å². The molecule has 5 nitrogen and oxygen atoms in total. The van der Waals surface area contributed by atoms with Crippen molar-refractivity contribution in [2.75, 3.05) is 0 Å². The van der Waals surface area contributed by atoms with Crippen molar-refractivity contribution < 1.29 is 18.3 Å². The van der Waals surface area contributed by atoms with Gasteiger partial charge in [-0.15, -0.1) is 0 Å². The number of β-lactam (4-membered cyclic amide) rings is 1. The molecule has 110 valence electrons. The molecule has 0 aromatic heterocycles. The highest BCUT2D eigenvalue weighted by Gasteiger charge is 2.73. The number of fused-ring (bicyclic) bond motifs is 1. The highest BCUT2D eigenvalue weighted by molar-refractivity contribution is 7.98. The van der Waals surface area contributed by atoms with E-state index in [1.54, 1.807) is 6.92 Å². The van der Waals surface area contributed by atoms with Crippen LogP contribution in [0.15, 0.2) is 22.6 Å². The third kappa shape index (κ3) is 1.36. The van der Waals surface area contributed by atoms with Crippen LogP contribution in [0.3, 0.4) is 0 Å². The van der Waals surface area contributed by atoms with Crippen molar-refractivity contribution in [3.8, 4) is 0 Å². The van der Waals surface area contributed by atoms with Crippen LogP contribution < -0.4 is 5.32 Å². The number of aliphatic hydroxyl groups excluding tert-OH is 1. The third-order valence-electron chi connectivity index (χ3n) is 5.03. The number of allylic oxidation sites excluding steroid dienone is 2. The first-order valence-corrected chi connectivity index (χ1v) is 8.41. The second-order valence-electron chi connectivity index (χ2n) is 5.91. The molecule has 0 aromatic rings. The quantitative estimate of drug-likeness (QED) is 0.579. The van der Waals surface area contributed by atoms with E-state index in [4.69, 9.17) is 0 Å². The molecule has 20 heavy (non-hydrogen) atoms. The van der Waals surface area contributed by atoms with Gasteiger partial charge < -0.3 is 10.4 Å². The van der Waals surface area contributed by atoms with Crippen LogP contribution in [0, 0.1) is 5.92 Å². The first kappa shape index (κ1) is 13.8. The molecule has 0 radical (unpaired) electrons. The van der Waals surface area contributed by atoms with Gasteiger partial charge in [-0.3, -0.25) is 4.79 Å². The minimum Gasteiger partial charge on any atom is -0.390 e. The van der Waals surface area contributed by atoms with Crippen molar-refractivity contribution in [3.63, 3.8) is 0 Å². The summed E-state index contributed by atoms with van der Waals surface area (Å²) in [7, 11) is -3.79. The summed E-state index contributed by atoms with van der Waals surface area (Å²) in [5.41, 5.74) is 0.642. The van der Waals surface area contributed by atoms with Crippen molar-refractivity contribution >= 4 is 15.7 Å². The van der Waals surface area contributed by atoms with E-state index in [2.05, 4.69) is 5.32 Å². The fourth-order valence-corrected chi connectivity index (χ4v) is 6.05. The number of amides is 1. The van der Waals surface area contributed by atoms with Crippen LogP contribution in [0.1, 0.15) is 33.1 Å². The standard InChI is InChI=1S/C14H19NO4S/c1-8-9(2)20(18,19)14(11(8)15-13(14)17)12(16)10-6-4-3-5-7-10/h4,6,10-12,16H,3,5,7H2,1-2H3,(H,15,17)/t10-,11+,12+,14+/m1/s1. The van der Waals surface area contributed by atoms with Crippen LogP contribution in [0.4, 0.5) is 0 Å². The first-order chi connectivity index (χ1) is 9.35. The van der Waals surface area contributed by atoms with Crippen molar-refractivity contribution in [1.29, 1.82) is 0 Å². The Labute approximate surface area is 118 Å². The number of aliphatic hydroxyl groups is 1. The topological polar surface area (TPSA) is 83.5 Å². The molecular weight excluding hydrogens is 278 g/mol. The number of sulfone groups is 1. The second kappa shape index (κ2) is 4.18. The molecule has 3 rings (SSSR count). The third-order valence-corrected chi connectivity index (χ3v) is 7.71. The number of hydrogen-bond donors (Lipinski definition) is 2. The van der Waals surface area contributed by atoms with Gasteiger partial charge in [0.1, 0.15) is 0 Å². The Balaban J connectivity index is 2.08. The van der Waals surface area contributed by atoms with Crippen LogP contribution in [0.5, 0.6) is 0 Å². The predicted molar refractivity (Wildman–Crippen MR) is 74.4 cm³/mol. The average molecular weight is 297 g/mol. The number of rotatable bonds is 2. The fraction of sp³-hybridized carbons (Fsp3) is 0.643. The van der Waals surface area contributed by atoms with Gasteiger partial charge in [0.2, 0.25) is 10.7 Å². The molecule has 0 saturated carbocycles. The van der Waals surface area contributed by atoms with E-state index in [-0.39, 0.29) is 10.8 Å². The lowest BCUT2D eigenvalue weighted by Crippen LogP contribution is -2.79. The molecule has 4 atom stereocenters. The fourth-order valence-electron chi connectivity index (χ4n) is 3.66. The number of hydrogen-bond acceptors (Lipinski definition) is 4. The number of carbonyl (C=O) groups is 1. The normalized spacial score (nSPS) is 40.0. The molecular formula is C14H19NO4S. The summed E-state index contributed by atoms with van der Waals surface area (Å²) < 4.78 is 23.7. The van der Waals surface area contributed by atoms with Gasteiger partial charge in [-0.25, -0.2) is 8.42 Å². The second-order valence-corrected chi connectivity index (χ2v) is 8.20. The van der Waals surface area contributed by atoms with Gasteiger partial charge in [-0.05, 0) is 38.7 Å². The van der Waals surface area contributed by atoms with Gasteiger partial charge in [-0.2, -0.15) is 0 Å². The first-order valence-electron chi connectivity index (χ1n) is 6.93. The van der Waals surface area contributed by atoms with Crippen molar-refractivity contribution in [3.05, 3.63) is 22.6 Å². The molecule has 1 saturated heterocycles. The van der Waals surface area contributed by atoms with Gasteiger partial charge in [-0.1, -0.05) is 12.2 Å². The van der Waals surface area contributed by atoms with E-state index < -0.39 is 32.6 Å². The Morgan fingerprint density at radius 3 is 2.65 bits per heavy atom. The minimum absolute atomic E-state index is 0.222. The van der Waals surface area contributed by atoms with Crippen LogP contribution in [-0.2, 0) is 14.6 Å². The van der Waals surface area contributed by atoms with E-state index in [0.29, 0.717) is 12.0 Å². The van der Waals surface area contributed by atoms with Gasteiger partial charge in [0.15, 0.2) is 9.84 Å². The molecule has 3 aliphatic rings. The number of carbonyl (C=O) groups excluding carboxylic acids is 1. The Bertz CT molecular complexity index is 634. The van der Waals surface area contributed by atoms with Crippen LogP contribution in [-0.4, -0.2) is 36.3 Å². The summed E-state index contributed by atoms with van der Waals surface area (Å²) in [4.78, 5) is 12.3. The highest BCUT2D eigenvalue weighted by atomic mass is 32.2. The van der Waals surface area contributed by atoms with Gasteiger partial charge in [0, 0.05) is 10.8 Å². The lowest BCUT2D eigenvalue weighted by Gasteiger charge is -2.48. The maximum atomic E-state index is 12.7. The summed E-state index contributed by atoms with van der Waals surface area (Å²) in [6, 6.07) is -0.578. The van der Waals surface area contributed by atoms with Crippen molar-refractivity contribution in [2.24, 2.45) is 5.92 Å². The average Bonchev–Trinajstić information content (AvgIpc) is 2.54. The van der Waals surface area contributed by atoms with E-state index in [1.807, 2.05) is 12.2 Å². The Hall–Kier alpha value is -1.14. The maximum absolute atomic E-state index is 12.7. The van der Waals surface area contributed by atoms with Crippen LogP contribution >= 0.6 is 0 Å². The SMILES string of the molecule is CC1=C(C)S(=O)(=O)[C@@]2([C@@H](O)[C@@H]3C=CCCC3)C(=O)N[C@@H]12. The predicted octanol–water partition coefficient (Wildman–Crippen LogP) is 0.663. The molecule has 1 amide bonds.